The molecule has 1 aliphatic heterocycles. The minimum Gasteiger partial charge on any atom is -0.415 e. The Balaban J connectivity index is 1.83. The third-order valence-corrected chi connectivity index (χ3v) is 3.89. The molecule has 3 N–H and O–H groups in total. The molecule has 0 atom stereocenters. The van der Waals surface area contributed by atoms with Gasteiger partial charge in [0.1, 0.15) is 12.0 Å². The first kappa shape index (κ1) is 15.0. The highest BCUT2D eigenvalue weighted by Gasteiger charge is 2.31. The molecule has 9 heteroatoms. The van der Waals surface area contributed by atoms with E-state index in [0.29, 0.717) is 22.4 Å². The molecule has 0 amide bonds. The average molecular weight is 341 g/mol. The number of aromatic nitrogens is 2. The first-order chi connectivity index (χ1) is 11.5. The number of quaternary nitrogens is 1. The number of benzene rings is 1. The van der Waals surface area contributed by atoms with Gasteiger partial charge in [-0.15, -0.1) is 0 Å². The maximum Gasteiger partial charge on any atom is 0.388 e. The molecule has 0 radical (unpaired) electrons. The van der Waals surface area contributed by atoms with Crippen LogP contribution in [0.25, 0.3) is 16.6 Å². The van der Waals surface area contributed by atoms with Gasteiger partial charge in [-0.1, -0.05) is 0 Å². The van der Waals surface area contributed by atoms with Gasteiger partial charge in [0.25, 0.3) is 0 Å². The summed E-state index contributed by atoms with van der Waals surface area (Å²) in [5.74, 6) is -1.57. The van der Waals surface area contributed by atoms with E-state index in [4.69, 9.17) is 0 Å². The summed E-state index contributed by atoms with van der Waals surface area (Å²) in [5.41, 5.74) is 5.34. The Kier molecular flexibility index (Phi) is 3.45. The van der Waals surface area contributed by atoms with Gasteiger partial charge in [-0.2, -0.15) is 8.78 Å². The Labute approximate surface area is 133 Å². The van der Waals surface area contributed by atoms with E-state index < -0.39 is 18.2 Å². The van der Waals surface area contributed by atoms with Crippen LogP contribution >= 0.6 is 0 Å². The molecule has 1 aromatic carbocycles. The van der Waals surface area contributed by atoms with Crippen molar-refractivity contribution in [3.63, 3.8) is 0 Å². The van der Waals surface area contributed by atoms with Crippen molar-refractivity contribution in [2.75, 3.05) is 0 Å². The number of hydrogen-bond acceptors (Lipinski definition) is 3. The van der Waals surface area contributed by atoms with E-state index in [1.807, 2.05) is 4.57 Å². The smallest absolute Gasteiger partial charge is 0.388 e. The van der Waals surface area contributed by atoms with Gasteiger partial charge in [0.15, 0.2) is 11.6 Å². The normalized spacial score (nSPS) is 17.7. The summed E-state index contributed by atoms with van der Waals surface area (Å²) in [7, 11) is 0. The van der Waals surface area contributed by atoms with Crippen molar-refractivity contribution in [2.24, 2.45) is 0 Å². The topological polar surface area (TPSA) is 55.7 Å². The molecule has 1 aromatic heterocycles. The van der Waals surface area contributed by atoms with Crippen molar-refractivity contribution in [3.8, 4) is 0 Å². The van der Waals surface area contributed by atoms with Gasteiger partial charge in [-0.25, -0.2) is 24.6 Å². The Morgan fingerprint density at radius 2 is 2.00 bits per heavy atom. The third-order valence-electron chi connectivity index (χ3n) is 3.89. The van der Waals surface area contributed by atoms with Gasteiger partial charge in [-0.05, 0) is 12.8 Å². The molecule has 1 aliphatic carbocycles. The van der Waals surface area contributed by atoms with E-state index in [0.717, 1.165) is 25.0 Å². The molecule has 126 valence electrons. The SMILES string of the molecule is Fc1cc2nc(C3=C[NH2+]NC(OC(F)F)=C3)n(C3CC3)c2cc1F. The zero-order valence-electron chi connectivity index (χ0n) is 12.3. The number of halogens is 4. The Bertz CT molecular complexity index is 870. The van der Waals surface area contributed by atoms with Gasteiger partial charge in [0.2, 0.25) is 5.88 Å². The number of nitrogens with two attached hydrogens (primary N) is 1. The van der Waals surface area contributed by atoms with Crippen LogP contribution in [-0.4, -0.2) is 16.2 Å². The number of nitrogens with zero attached hydrogens (tertiary/aromatic N) is 2. The lowest BCUT2D eigenvalue weighted by molar-refractivity contribution is -0.646. The van der Waals surface area contributed by atoms with Crippen molar-refractivity contribution in [3.05, 3.63) is 47.8 Å². The van der Waals surface area contributed by atoms with Gasteiger partial charge in [0, 0.05) is 24.3 Å². The lowest BCUT2D eigenvalue weighted by atomic mass is 10.2. The number of ether oxygens (including phenoxy) is 1. The number of alkyl halides is 2. The monoisotopic (exact) mass is 341 g/mol. The van der Waals surface area contributed by atoms with Crippen LogP contribution < -0.4 is 10.9 Å². The first-order valence-corrected chi connectivity index (χ1v) is 7.37. The van der Waals surface area contributed by atoms with E-state index >= 15 is 0 Å². The van der Waals surface area contributed by atoms with Crippen molar-refractivity contribution in [2.45, 2.75) is 25.5 Å². The molecule has 4 rings (SSSR count). The second-order valence-corrected chi connectivity index (χ2v) is 5.61. The summed E-state index contributed by atoms with van der Waals surface area (Å²) in [6, 6.07) is 2.29. The Hall–Kier alpha value is -2.55. The zero-order chi connectivity index (χ0) is 16.8. The van der Waals surface area contributed by atoms with Crippen LogP contribution in [0.3, 0.4) is 0 Å². The third kappa shape index (κ3) is 2.60. The maximum atomic E-state index is 13.6. The molecule has 1 saturated carbocycles. The molecule has 24 heavy (non-hydrogen) atoms. The van der Waals surface area contributed by atoms with Crippen LogP contribution in [0.5, 0.6) is 0 Å². The molecule has 2 aromatic rings. The van der Waals surface area contributed by atoms with Crippen molar-refractivity contribution >= 4 is 16.6 Å². The lowest BCUT2D eigenvalue weighted by Gasteiger charge is -2.14. The second kappa shape index (κ2) is 5.52. The Morgan fingerprint density at radius 1 is 1.25 bits per heavy atom. The molecule has 0 spiro atoms. The number of fused-ring (bicyclic) bond motifs is 1. The molecule has 5 nitrogen and oxygen atoms in total. The highest BCUT2D eigenvalue weighted by atomic mass is 19.3. The second-order valence-electron chi connectivity index (χ2n) is 5.61. The molecule has 2 heterocycles. The van der Waals surface area contributed by atoms with Gasteiger partial charge >= 0.3 is 6.61 Å². The van der Waals surface area contributed by atoms with E-state index in [-0.39, 0.29) is 11.9 Å². The minimum atomic E-state index is -2.96. The van der Waals surface area contributed by atoms with Gasteiger partial charge < -0.3 is 9.30 Å². The number of nitrogens with one attached hydrogen (secondary N) is 1. The summed E-state index contributed by atoms with van der Waals surface area (Å²) in [6.07, 6.45) is 4.83. The molecule has 1 fully saturated rings. The summed E-state index contributed by atoms with van der Waals surface area (Å²) in [5, 5.41) is 0. The fraction of sp³-hybridized carbons (Fsp3) is 0.267. The van der Waals surface area contributed by atoms with E-state index in [9.17, 15) is 17.6 Å². The molecule has 0 unspecified atom stereocenters. The standard InChI is InChI=1S/C15H12F4N4O/c16-9-4-11-12(5-10(9)17)23(8-1-2-8)14(21-11)7-3-13(22-20-6-7)24-15(18)19/h3-6,8,15,20,22H,1-2H2/p+1. The van der Waals surface area contributed by atoms with Crippen molar-refractivity contribution < 1.29 is 27.7 Å². The zero-order valence-corrected chi connectivity index (χ0v) is 12.3. The number of imidazole rings is 1. The van der Waals surface area contributed by atoms with E-state index in [1.54, 1.807) is 6.20 Å². The number of hydrogen-bond donors (Lipinski definition) is 2. The predicted octanol–water partition coefficient (Wildman–Crippen LogP) is 2.15. The van der Waals surface area contributed by atoms with Crippen LogP contribution in [0.1, 0.15) is 24.7 Å². The van der Waals surface area contributed by atoms with Crippen LogP contribution in [0.4, 0.5) is 17.6 Å². The fourth-order valence-corrected chi connectivity index (χ4v) is 2.74. The first-order valence-electron chi connectivity index (χ1n) is 7.37. The van der Waals surface area contributed by atoms with Crippen LogP contribution in [0, 0.1) is 11.6 Å². The summed E-state index contributed by atoms with van der Waals surface area (Å²) in [4.78, 5) is 4.37. The quantitative estimate of drug-likeness (QED) is 0.662. The van der Waals surface area contributed by atoms with Crippen LogP contribution in [-0.2, 0) is 4.74 Å². The van der Waals surface area contributed by atoms with Crippen LogP contribution in [0.15, 0.2) is 30.3 Å². The number of rotatable bonds is 4. The van der Waals surface area contributed by atoms with Crippen molar-refractivity contribution in [1.29, 1.82) is 0 Å². The average Bonchev–Trinajstić information content (AvgIpc) is 3.30. The maximum absolute atomic E-state index is 13.6. The summed E-state index contributed by atoms with van der Waals surface area (Å²) >= 11 is 0. The van der Waals surface area contributed by atoms with Crippen molar-refractivity contribution in [1.82, 2.24) is 15.0 Å². The molecule has 0 saturated heterocycles. The Morgan fingerprint density at radius 3 is 2.71 bits per heavy atom. The lowest BCUT2D eigenvalue weighted by Crippen LogP contribution is -2.88. The van der Waals surface area contributed by atoms with Gasteiger partial charge in [-0.3, -0.25) is 0 Å². The summed E-state index contributed by atoms with van der Waals surface area (Å²) in [6.45, 7) is -2.96. The molecule has 0 bridgehead atoms. The molecular formula is C15H13F4N4O+. The predicted molar refractivity (Wildman–Crippen MR) is 76.1 cm³/mol. The van der Waals surface area contributed by atoms with Crippen LogP contribution in [0.2, 0.25) is 0 Å². The fourth-order valence-electron chi connectivity index (χ4n) is 2.74. The van der Waals surface area contributed by atoms with E-state index in [2.05, 4.69) is 15.1 Å². The summed E-state index contributed by atoms with van der Waals surface area (Å²) < 4.78 is 58.0. The highest BCUT2D eigenvalue weighted by Crippen LogP contribution is 2.40. The largest absolute Gasteiger partial charge is 0.415 e. The van der Waals surface area contributed by atoms with E-state index in [1.165, 1.54) is 11.5 Å². The molecular weight excluding hydrogens is 328 g/mol. The molecule has 2 aliphatic rings. The number of allylic oxidation sites excluding steroid dienone is 2. The van der Waals surface area contributed by atoms with Gasteiger partial charge in [0.05, 0.1) is 16.6 Å². The highest BCUT2D eigenvalue weighted by molar-refractivity contribution is 5.82. The minimum absolute atomic E-state index is 0.116.